The number of hydrogen-bond donors (Lipinski definition) is 2. The van der Waals surface area contributed by atoms with E-state index in [1.165, 1.54) is 18.5 Å². The first-order chi connectivity index (χ1) is 7.90. The molecule has 102 valence electrons. The third kappa shape index (κ3) is 4.51. The Hall–Kier alpha value is -0.210. The molecule has 0 bridgehead atoms. The van der Waals surface area contributed by atoms with Crippen LogP contribution in [0.25, 0.3) is 0 Å². The summed E-state index contributed by atoms with van der Waals surface area (Å²) in [5.74, 6) is 0. The largest absolute Gasteiger partial charge is 0.389 e. The second-order valence-electron chi connectivity index (χ2n) is 4.58. The van der Waals surface area contributed by atoms with Crippen molar-refractivity contribution in [2.45, 2.75) is 31.3 Å². The molecule has 0 saturated heterocycles. The Balaban J connectivity index is 2.47. The van der Waals surface area contributed by atoms with E-state index >= 15 is 0 Å². The van der Waals surface area contributed by atoms with Crippen molar-refractivity contribution in [3.63, 3.8) is 0 Å². The molecular formula is C10H22N2O4S. The molecule has 17 heavy (non-hydrogen) atoms. The van der Waals surface area contributed by atoms with E-state index in [0.717, 1.165) is 12.8 Å². The lowest BCUT2D eigenvalue weighted by Crippen LogP contribution is -2.47. The van der Waals surface area contributed by atoms with Gasteiger partial charge in [-0.05, 0) is 12.8 Å². The second kappa shape index (κ2) is 6.10. The summed E-state index contributed by atoms with van der Waals surface area (Å²) in [4.78, 5) is 0. The lowest BCUT2D eigenvalue weighted by atomic mass is 10.0. The predicted molar refractivity (Wildman–Crippen MR) is 64.8 cm³/mol. The quantitative estimate of drug-likeness (QED) is 0.620. The van der Waals surface area contributed by atoms with Gasteiger partial charge in [0.15, 0.2) is 0 Å². The molecule has 6 nitrogen and oxygen atoms in total. The van der Waals surface area contributed by atoms with Gasteiger partial charge in [0.05, 0.1) is 12.2 Å². The highest BCUT2D eigenvalue weighted by atomic mass is 32.2. The van der Waals surface area contributed by atoms with E-state index in [1.54, 1.807) is 0 Å². The normalized spacial score (nSPS) is 20.0. The Kier molecular flexibility index (Phi) is 5.33. The van der Waals surface area contributed by atoms with Crippen molar-refractivity contribution in [3.8, 4) is 0 Å². The van der Waals surface area contributed by atoms with Gasteiger partial charge in [-0.15, -0.1) is 0 Å². The molecule has 1 rings (SSSR count). The lowest BCUT2D eigenvalue weighted by molar-refractivity contribution is 0.0331. The van der Waals surface area contributed by atoms with E-state index in [4.69, 9.17) is 4.74 Å². The molecule has 1 saturated carbocycles. The molecule has 0 aromatic heterocycles. The van der Waals surface area contributed by atoms with Crippen LogP contribution in [0.2, 0.25) is 0 Å². The lowest BCUT2D eigenvalue weighted by Gasteiger charge is -2.28. The molecule has 1 fully saturated rings. The molecule has 1 aliphatic carbocycles. The van der Waals surface area contributed by atoms with Crippen LogP contribution in [-0.2, 0) is 14.9 Å². The first kappa shape index (κ1) is 14.8. The molecule has 0 aromatic carbocycles. The van der Waals surface area contributed by atoms with Crippen LogP contribution in [0.3, 0.4) is 0 Å². The molecule has 7 heteroatoms. The monoisotopic (exact) mass is 266 g/mol. The summed E-state index contributed by atoms with van der Waals surface area (Å²) in [6, 6.07) is 0. The van der Waals surface area contributed by atoms with E-state index < -0.39 is 15.8 Å². The van der Waals surface area contributed by atoms with Crippen LogP contribution in [0.1, 0.15) is 25.7 Å². The van der Waals surface area contributed by atoms with Crippen LogP contribution < -0.4 is 4.72 Å². The van der Waals surface area contributed by atoms with Crippen LogP contribution >= 0.6 is 0 Å². The first-order valence-corrected chi connectivity index (χ1v) is 7.26. The summed E-state index contributed by atoms with van der Waals surface area (Å²) in [5.41, 5.74) is -0.856. The fourth-order valence-electron chi connectivity index (χ4n) is 2.07. The molecule has 0 heterocycles. The summed E-state index contributed by atoms with van der Waals surface area (Å²) in [7, 11) is -0.524. The minimum atomic E-state index is -3.51. The van der Waals surface area contributed by atoms with Gasteiger partial charge in [0, 0.05) is 27.2 Å². The zero-order valence-electron chi connectivity index (χ0n) is 10.5. The summed E-state index contributed by atoms with van der Waals surface area (Å²) >= 11 is 0. The van der Waals surface area contributed by atoms with E-state index in [2.05, 4.69) is 4.72 Å². The molecule has 2 N–H and O–H groups in total. The van der Waals surface area contributed by atoms with E-state index in [-0.39, 0.29) is 13.1 Å². The van der Waals surface area contributed by atoms with Crippen LogP contribution in [-0.4, -0.2) is 57.3 Å². The van der Waals surface area contributed by atoms with Gasteiger partial charge in [-0.1, -0.05) is 12.8 Å². The average molecular weight is 266 g/mol. The highest BCUT2D eigenvalue weighted by Crippen LogP contribution is 2.30. The van der Waals surface area contributed by atoms with Gasteiger partial charge in [0.2, 0.25) is 0 Å². The fraction of sp³-hybridized carbons (Fsp3) is 1.00. The zero-order chi connectivity index (χ0) is 12.9. The first-order valence-electron chi connectivity index (χ1n) is 5.82. The third-order valence-electron chi connectivity index (χ3n) is 3.05. The van der Waals surface area contributed by atoms with Gasteiger partial charge in [-0.2, -0.15) is 17.4 Å². The third-order valence-corrected chi connectivity index (χ3v) is 4.57. The Morgan fingerprint density at radius 1 is 1.41 bits per heavy atom. The second-order valence-corrected chi connectivity index (χ2v) is 6.44. The summed E-state index contributed by atoms with van der Waals surface area (Å²) in [6.45, 7) is 0.717. The smallest absolute Gasteiger partial charge is 0.279 e. The van der Waals surface area contributed by atoms with Gasteiger partial charge >= 0.3 is 0 Å². The number of ether oxygens (including phenoxy) is 1. The van der Waals surface area contributed by atoms with E-state index in [9.17, 15) is 13.5 Å². The van der Waals surface area contributed by atoms with Crippen LogP contribution in [0.15, 0.2) is 0 Å². The van der Waals surface area contributed by atoms with Gasteiger partial charge in [0.25, 0.3) is 10.2 Å². The van der Waals surface area contributed by atoms with Gasteiger partial charge in [0.1, 0.15) is 0 Å². The Bertz CT molecular complexity index is 325. The summed E-state index contributed by atoms with van der Waals surface area (Å²) < 4.78 is 31.9. The molecule has 0 aromatic rings. The predicted octanol–water partition coefficient (Wildman–Crippen LogP) is -0.296. The average Bonchev–Trinajstić information content (AvgIpc) is 2.65. The Morgan fingerprint density at radius 2 is 2.00 bits per heavy atom. The van der Waals surface area contributed by atoms with Crippen LogP contribution in [0.5, 0.6) is 0 Å². The molecule has 1 aliphatic rings. The van der Waals surface area contributed by atoms with Crippen molar-refractivity contribution in [3.05, 3.63) is 0 Å². The van der Waals surface area contributed by atoms with Crippen molar-refractivity contribution >= 4 is 10.2 Å². The highest BCUT2D eigenvalue weighted by Gasteiger charge is 2.35. The Labute approximate surface area is 103 Å². The molecule has 0 aliphatic heterocycles. The number of likely N-dealkylation sites (N-methyl/N-ethyl adjacent to an activating group) is 1. The minimum Gasteiger partial charge on any atom is -0.389 e. The van der Waals surface area contributed by atoms with Crippen molar-refractivity contribution in [2.24, 2.45) is 0 Å². The molecular weight excluding hydrogens is 244 g/mol. The number of nitrogens with zero attached hydrogens (tertiary/aromatic N) is 1. The maximum atomic E-state index is 11.8. The number of hydrogen-bond acceptors (Lipinski definition) is 4. The standard InChI is InChI=1S/C10H22N2O4S/c1-12(9-10(13)5-3-4-6-10)17(14,15)11-7-8-16-2/h11,13H,3-9H2,1-2H3. The van der Waals surface area contributed by atoms with Crippen molar-refractivity contribution in [2.75, 3.05) is 33.9 Å². The van der Waals surface area contributed by atoms with Crippen molar-refractivity contribution < 1.29 is 18.3 Å². The number of rotatable bonds is 7. The number of aliphatic hydroxyl groups is 1. The van der Waals surface area contributed by atoms with Crippen LogP contribution in [0.4, 0.5) is 0 Å². The van der Waals surface area contributed by atoms with Gasteiger partial charge < -0.3 is 9.84 Å². The maximum Gasteiger partial charge on any atom is 0.279 e. The van der Waals surface area contributed by atoms with Gasteiger partial charge in [-0.3, -0.25) is 0 Å². The van der Waals surface area contributed by atoms with Crippen LogP contribution in [0, 0.1) is 0 Å². The van der Waals surface area contributed by atoms with Crippen molar-refractivity contribution in [1.82, 2.24) is 9.03 Å². The maximum absolute atomic E-state index is 11.8. The topological polar surface area (TPSA) is 78.9 Å². The van der Waals surface area contributed by atoms with E-state index in [0.29, 0.717) is 19.4 Å². The number of methoxy groups -OCH3 is 1. The SMILES string of the molecule is COCCNS(=O)(=O)N(C)CC1(O)CCCC1. The summed E-state index contributed by atoms with van der Waals surface area (Å²) in [5, 5.41) is 10.1. The number of nitrogens with one attached hydrogen (secondary N) is 1. The van der Waals surface area contributed by atoms with Crippen molar-refractivity contribution in [1.29, 1.82) is 0 Å². The molecule has 0 unspecified atom stereocenters. The fourth-order valence-corrected chi connectivity index (χ4v) is 3.05. The minimum absolute atomic E-state index is 0.148. The summed E-state index contributed by atoms with van der Waals surface area (Å²) in [6.07, 6.45) is 3.26. The molecule has 0 spiro atoms. The zero-order valence-corrected chi connectivity index (χ0v) is 11.3. The van der Waals surface area contributed by atoms with Gasteiger partial charge in [-0.25, -0.2) is 0 Å². The molecule has 0 radical (unpaired) electrons. The molecule has 0 atom stereocenters. The molecule has 0 amide bonds. The Morgan fingerprint density at radius 3 is 2.53 bits per heavy atom. The highest BCUT2D eigenvalue weighted by molar-refractivity contribution is 7.87. The van der Waals surface area contributed by atoms with E-state index in [1.807, 2.05) is 0 Å².